The van der Waals surface area contributed by atoms with Gasteiger partial charge in [0.2, 0.25) is 0 Å². The van der Waals surface area contributed by atoms with Crippen molar-refractivity contribution in [3.05, 3.63) is 109 Å². The summed E-state index contributed by atoms with van der Waals surface area (Å²) in [4.78, 5) is 51.2. The second-order valence-electron chi connectivity index (χ2n) is 9.74. The van der Waals surface area contributed by atoms with Crippen LogP contribution in [0.15, 0.2) is 81.7 Å². The lowest BCUT2D eigenvalue weighted by molar-refractivity contribution is -0.384. The van der Waals surface area contributed by atoms with Crippen LogP contribution in [0.1, 0.15) is 46.2 Å². The zero-order valence-corrected chi connectivity index (χ0v) is 25.9. The second kappa shape index (κ2) is 13.0. The third kappa shape index (κ3) is 7.15. The van der Waals surface area contributed by atoms with Crippen molar-refractivity contribution in [1.82, 2.24) is 4.90 Å². The molecule has 0 aromatic heterocycles. The van der Waals surface area contributed by atoms with Crippen LogP contribution in [0.25, 0.3) is 0 Å². The number of halogens is 2. The Balaban J connectivity index is 1.76. The van der Waals surface area contributed by atoms with E-state index in [2.05, 4.69) is 31.9 Å². The normalized spacial score (nSPS) is 18.5. The van der Waals surface area contributed by atoms with Crippen LogP contribution in [0, 0.1) is 10.1 Å². The summed E-state index contributed by atoms with van der Waals surface area (Å²) >= 11 is 6.66. The maximum Gasteiger partial charge on any atom is 0.411 e. The molecule has 0 aliphatic carbocycles. The van der Waals surface area contributed by atoms with Crippen molar-refractivity contribution in [2.45, 2.75) is 37.9 Å². The van der Waals surface area contributed by atoms with Gasteiger partial charge >= 0.3 is 18.0 Å². The van der Waals surface area contributed by atoms with Gasteiger partial charge in [-0.25, -0.2) is 14.4 Å². The van der Waals surface area contributed by atoms with Crippen molar-refractivity contribution in [3.8, 4) is 0 Å². The first-order valence-electron chi connectivity index (χ1n) is 12.6. The van der Waals surface area contributed by atoms with Gasteiger partial charge in [0.25, 0.3) is 5.69 Å². The highest BCUT2D eigenvalue weighted by Gasteiger charge is 2.50. The molecular formula is C29H26Br2N2O9. The molecule has 0 bridgehead atoms. The lowest BCUT2D eigenvalue weighted by Crippen LogP contribution is -2.63. The topological polar surface area (TPSA) is 135 Å². The molecule has 1 saturated heterocycles. The molecule has 0 radical (unpaired) electrons. The van der Waals surface area contributed by atoms with Crippen LogP contribution >= 0.6 is 31.9 Å². The van der Waals surface area contributed by atoms with Crippen LogP contribution < -0.4 is 0 Å². The van der Waals surface area contributed by atoms with Crippen LogP contribution in [0.4, 0.5) is 10.5 Å². The van der Waals surface area contributed by atoms with Gasteiger partial charge in [0, 0.05) is 21.1 Å². The van der Waals surface area contributed by atoms with E-state index in [0.717, 1.165) is 8.95 Å². The molecule has 13 heteroatoms. The second-order valence-corrected chi connectivity index (χ2v) is 11.6. The molecule has 3 aromatic carbocycles. The van der Waals surface area contributed by atoms with Crippen molar-refractivity contribution in [2.24, 2.45) is 0 Å². The van der Waals surface area contributed by atoms with Gasteiger partial charge in [0.05, 0.1) is 29.7 Å². The van der Waals surface area contributed by atoms with Crippen molar-refractivity contribution >= 4 is 55.6 Å². The fraction of sp³-hybridized carbons (Fsp3) is 0.276. The summed E-state index contributed by atoms with van der Waals surface area (Å²) in [5, 5.41) is 11.3. The predicted octanol–water partition coefficient (Wildman–Crippen LogP) is 6.45. The number of esters is 2. The number of nitro benzene ring substituents is 1. The Morgan fingerprint density at radius 3 is 1.95 bits per heavy atom. The molecule has 1 amide bonds. The van der Waals surface area contributed by atoms with E-state index in [9.17, 15) is 24.5 Å². The summed E-state index contributed by atoms with van der Waals surface area (Å²) in [7, 11) is 1.22. The standard InChI is InChI=1S/C29H26Br2N2O9/c1-29(2)32(28(36)39-3)16-23(40-26(34)18-4-10-20(30)11-5-18)25(42-29)24(17-8-14-22(15-9-17)33(37)38)41-27(35)19-6-12-21(31)13-7-19/h4-15,23-25H,16H2,1-3H3/t23-,24-,25+/m0/s1. The third-order valence-corrected chi connectivity index (χ3v) is 7.64. The van der Waals surface area contributed by atoms with E-state index in [4.69, 9.17) is 18.9 Å². The third-order valence-electron chi connectivity index (χ3n) is 6.58. The molecular weight excluding hydrogens is 680 g/mol. The molecule has 3 atom stereocenters. The molecule has 3 aromatic rings. The number of benzene rings is 3. The average Bonchev–Trinajstić information content (AvgIpc) is 2.96. The number of carbonyl (C=O) groups is 3. The minimum atomic E-state index is -1.29. The monoisotopic (exact) mass is 704 g/mol. The number of nitro groups is 1. The zero-order valence-electron chi connectivity index (χ0n) is 22.7. The molecule has 42 heavy (non-hydrogen) atoms. The van der Waals surface area contributed by atoms with Crippen LogP contribution in [-0.4, -0.2) is 59.4 Å². The van der Waals surface area contributed by atoms with Gasteiger partial charge in [-0.15, -0.1) is 0 Å². The highest BCUT2D eigenvalue weighted by molar-refractivity contribution is 9.10. The summed E-state index contributed by atoms with van der Waals surface area (Å²) < 4.78 is 24.6. The van der Waals surface area contributed by atoms with E-state index in [1.807, 2.05) is 0 Å². The molecule has 0 N–H and O–H groups in total. The first-order chi connectivity index (χ1) is 19.9. The van der Waals surface area contributed by atoms with E-state index in [0.29, 0.717) is 5.56 Å². The van der Waals surface area contributed by atoms with Crippen molar-refractivity contribution in [3.63, 3.8) is 0 Å². The van der Waals surface area contributed by atoms with Gasteiger partial charge < -0.3 is 18.9 Å². The minimum Gasteiger partial charge on any atom is -0.454 e. The van der Waals surface area contributed by atoms with Crippen LogP contribution in [0.5, 0.6) is 0 Å². The van der Waals surface area contributed by atoms with E-state index in [-0.39, 0.29) is 23.4 Å². The lowest BCUT2D eigenvalue weighted by Gasteiger charge is -2.49. The smallest absolute Gasteiger partial charge is 0.411 e. The van der Waals surface area contributed by atoms with Gasteiger partial charge in [-0.3, -0.25) is 15.0 Å². The van der Waals surface area contributed by atoms with E-state index in [1.165, 1.54) is 36.3 Å². The van der Waals surface area contributed by atoms with Gasteiger partial charge in [0.15, 0.2) is 12.2 Å². The molecule has 0 unspecified atom stereocenters. The number of hydrogen-bond acceptors (Lipinski definition) is 9. The van der Waals surface area contributed by atoms with Crippen molar-refractivity contribution in [2.75, 3.05) is 13.7 Å². The van der Waals surface area contributed by atoms with Gasteiger partial charge in [-0.1, -0.05) is 31.9 Å². The van der Waals surface area contributed by atoms with Gasteiger partial charge in [-0.05, 0) is 80.1 Å². The Bertz CT molecular complexity index is 1460. The number of methoxy groups -OCH3 is 1. The van der Waals surface area contributed by atoms with E-state index >= 15 is 0 Å². The molecule has 1 heterocycles. The number of amides is 1. The molecule has 11 nitrogen and oxygen atoms in total. The highest BCUT2D eigenvalue weighted by atomic mass is 79.9. The predicted molar refractivity (Wildman–Crippen MR) is 157 cm³/mol. The maximum atomic E-state index is 13.3. The zero-order chi connectivity index (χ0) is 30.6. The Hall–Kier alpha value is -3.81. The number of nitrogens with zero attached hydrogens (tertiary/aromatic N) is 2. The summed E-state index contributed by atoms with van der Waals surface area (Å²) in [6.45, 7) is 3.08. The number of carbonyl (C=O) groups excluding carboxylic acids is 3. The molecule has 4 rings (SSSR count). The number of rotatable bonds is 7. The number of ether oxygens (including phenoxy) is 4. The first kappa shape index (κ1) is 31.1. The lowest BCUT2D eigenvalue weighted by atomic mass is 9.96. The molecule has 1 aliphatic rings. The van der Waals surface area contributed by atoms with Crippen LogP contribution in [0.2, 0.25) is 0 Å². The van der Waals surface area contributed by atoms with Crippen molar-refractivity contribution in [1.29, 1.82) is 0 Å². The molecule has 1 fully saturated rings. The number of hydrogen-bond donors (Lipinski definition) is 0. The first-order valence-corrected chi connectivity index (χ1v) is 14.2. The fourth-order valence-corrected chi connectivity index (χ4v) is 4.94. The quantitative estimate of drug-likeness (QED) is 0.118. The number of non-ortho nitro benzene ring substituents is 1. The molecule has 220 valence electrons. The summed E-state index contributed by atoms with van der Waals surface area (Å²) in [5.74, 6) is -1.41. The average molecular weight is 706 g/mol. The molecule has 0 spiro atoms. The minimum absolute atomic E-state index is 0.161. The Labute approximate surface area is 258 Å². The summed E-state index contributed by atoms with van der Waals surface area (Å²) in [6.07, 6.45) is -4.21. The fourth-order valence-electron chi connectivity index (χ4n) is 4.41. The molecule has 0 saturated carbocycles. The summed E-state index contributed by atoms with van der Waals surface area (Å²) in [6, 6.07) is 18.4. The Morgan fingerprint density at radius 2 is 1.45 bits per heavy atom. The molecule has 1 aliphatic heterocycles. The van der Waals surface area contributed by atoms with Crippen LogP contribution in [-0.2, 0) is 18.9 Å². The van der Waals surface area contributed by atoms with Gasteiger partial charge in [0.1, 0.15) is 11.8 Å². The van der Waals surface area contributed by atoms with Crippen LogP contribution in [0.3, 0.4) is 0 Å². The SMILES string of the molecule is COC(=O)N1C[C@H](OC(=O)c2ccc(Br)cc2)[C@H]([C@@H](OC(=O)c2ccc(Br)cc2)c2ccc([N+](=O)[O-])cc2)OC1(C)C. The largest absolute Gasteiger partial charge is 0.454 e. The van der Waals surface area contributed by atoms with E-state index < -0.39 is 47.0 Å². The van der Waals surface area contributed by atoms with Gasteiger partial charge in [-0.2, -0.15) is 0 Å². The van der Waals surface area contributed by atoms with Crippen molar-refractivity contribution < 1.29 is 38.3 Å². The maximum absolute atomic E-state index is 13.3. The Kier molecular flexibility index (Phi) is 9.64. The van der Waals surface area contributed by atoms with E-state index in [1.54, 1.807) is 62.4 Å². The summed E-state index contributed by atoms with van der Waals surface area (Å²) in [5.41, 5.74) is -0.633. The Morgan fingerprint density at radius 1 is 0.929 bits per heavy atom. The highest BCUT2D eigenvalue weighted by Crippen LogP contribution is 2.38.